The molecule has 0 bridgehead atoms. The summed E-state index contributed by atoms with van der Waals surface area (Å²) in [5.74, 6) is 0.369. The second kappa shape index (κ2) is 9.36. The molecule has 31 heavy (non-hydrogen) atoms. The fourth-order valence-electron chi connectivity index (χ4n) is 3.81. The van der Waals surface area contributed by atoms with Crippen molar-refractivity contribution in [2.45, 2.75) is 45.3 Å². The average Bonchev–Trinajstić information content (AvgIpc) is 3.12. The molecular formula is C23H24N2O4S2. The van der Waals surface area contributed by atoms with Gasteiger partial charge in [0, 0.05) is 10.4 Å². The molecule has 0 saturated carbocycles. The molecule has 0 unspecified atom stereocenters. The van der Waals surface area contributed by atoms with E-state index in [2.05, 4.69) is 9.97 Å². The molecule has 1 aliphatic carbocycles. The number of ketones is 1. The lowest BCUT2D eigenvalue weighted by Gasteiger charge is -2.09. The molecule has 0 saturated heterocycles. The van der Waals surface area contributed by atoms with E-state index in [1.165, 1.54) is 16.6 Å². The molecule has 1 aromatic carbocycles. The first kappa shape index (κ1) is 21.8. The van der Waals surface area contributed by atoms with E-state index in [0.29, 0.717) is 17.1 Å². The summed E-state index contributed by atoms with van der Waals surface area (Å²) in [5, 5.41) is 0.734. The molecule has 2 heterocycles. The first-order chi connectivity index (χ1) is 14.9. The zero-order valence-corrected chi connectivity index (χ0v) is 19.2. The highest BCUT2D eigenvalue weighted by molar-refractivity contribution is 7.99. The molecule has 3 aromatic rings. The predicted molar refractivity (Wildman–Crippen MR) is 124 cm³/mol. The molecule has 0 aliphatic heterocycles. The van der Waals surface area contributed by atoms with E-state index in [4.69, 9.17) is 4.74 Å². The molecule has 6 nitrogen and oxygen atoms in total. The van der Waals surface area contributed by atoms with Crippen LogP contribution in [-0.2, 0) is 28.1 Å². The minimum atomic E-state index is -0.460. The van der Waals surface area contributed by atoms with Crippen molar-refractivity contribution < 1.29 is 14.3 Å². The molecule has 162 valence electrons. The van der Waals surface area contributed by atoms with Crippen LogP contribution in [0.15, 0.2) is 23.0 Å². The van der Waals surface area contributed by atoms with E-state index < -0.39 is 5.97 Å². The van der Waals surface area contributed by atoms with Crippen molar-refractivity contribution in [3.8, 4) is 0 Å². The van der Waals surface area contributed by atoms with E-state index in [0.717, 1.165) is 52.6 Å². The number of rotatable bonds is 7. The third-order valence-electron chi connectivity index (χ3n) is 5.39. The number of aryl methyl sites for hydroxylation is 4. The van der Waals surface area contributed by atoms with Crippen LogP contribution in [0.1, 0.15) is 50.6 Å². The van der Waals surface area contributed by atoms with Crippen LogP contribution in [-0.4, -0.2) is 34.1 Å². The number of H-pyrrole nitrogens is 1. The highest BCUT2D eigenvalue weighted by atomic mass is 32.2. The average molecular weight is 457 g/mol. The number of nitrogens with zero attached hydrogens (tertiary/aromatic N) is 1. The fourth-order valence-corrected chi connectivity index (χ4v) is 5.77. The number of carbonyl (C=O) groups excluding carboxylic acids is 2. The number of thioether (sulfide) groups is 1. The zero-order valence-electron chi connectivity index (χ0n) is 17.6. The van der Waals surface area contributed by atoms with E-state index in [1.54, 1.807) is 17.4 Å². The number of esters is 1. The first-order valence-electron chi connectivity index (χ1n) is 10.3. The standard InChI is InChI=1S/C23H24N2O4S2/c1-13-7-8-14(2)16(9-13)17(26)10-29-20(27)12-30-11-19-24-22(28)21-15-5-3-4-6-18(15)31-23(21)25-19/h7-9H,3-6,10-12H2,1-2H3,(H,24,25,28). The van der Waals surface area contributed by atoms with Crippen LogP contribution >= 0.6 is 23.1 Å². The Morgan fingerprint density at radius 2 is 2.03 bits per heavy atom. The third kappa shape index (κ3) is 4.91. The third-order valence-corrected chi connectivity index (χ3v) is 7.49. The van der Waals surface area contributed by atoms with Gasteiger partial charge in [-0.2, -0.15) is 0 Å². The number of nitrogens with one attached hydrogen (secondary N) is 1. The lowest BCUT2D eigenvalue weighted by molar-refractivity contribution is -0.139. The number of ether oxygens (including phenoxy) is 1. The Morgan fingerprint density at radius 1 is 1.23 bits per heavy atom. The number of aromatic nitrogens is 2. The first-order valence-corrected chi connectivity index (χ1v) is 12.3. The Morgan fingerprint density at radius 3 is 2.87 bits per heavy atom. The molecule has 0 radical (unpaired) electrons. The second-order valence-electron chi connectivity index (χ2n) is 7.80. The SMILES string of the molecule is Cc1ccc(C)c(C(=O)COC(=O)CSCc2nc3sc4c(c3c(=O)[nH]2)CCCC4)c1. The predicted octanol–water partition coefficient (Wildman–Crippen LogP) is 4.14. The number of carbonyl (C=O) groups is 2. The molecule has 1 aliphatic rings. The number of benzene rings is 1. The van der Waals surface area contributed by atoms with Crippen molar-refractivity contribution in [3.63, 3.8) is 0 Å². The lowest BCUT2D eigenvalue weighted by Crippen LogP contribution is -2.17. The minimum Gasteiger partial charge on any atom is -0.457 e. The van der Waals surface area contributed by atoms with Crippen molar-refractivity contribution in [2.75, 3.05) is 12.4 Å². The number of aromatic amines is 1. The van der Waals surface area contributed by atoms with Gasteiger partial charge in [-0.05, 0) is 56.7 Å². The van der Waals surface area contributed by atoms with E-state index >= 15 is 0 Å². The van der Waals surface area contributed by atoms with Gasteiger partial charge in [0.15, 0.2) is 6.61 Å². The number of Topliss-reactive ketones (excluding diaryl/α,β-unsaturated/α-hetero) is 1. The van der Waals surface area contributed by atoms with Crippen LogP contribution in [0.2, 0.25) is 0 Å². The van der Waals surface area contributed by atoms with Gasteiger partial charge in [0.25, 0.3) is 5.56 Å². The second-order valence-corrected chi connectivity index (χ2v) is 9.87. The Labute approximate surface area is 188 Å². The topological polar surface area (TPSA) is 89.1 Å². The van der Waals surface area contributed by atoms with Crippen LogP contribution < -0.4 is 5.56 Å². The molecular weight excluding hydrogens is 432 g/mol. The summed E-state index contributed by atoms with van der Waals surface area (Å²) in [7, 11) is 0. The molecule has 0 spiro atoms. The maximum Gasteiger partial charge on any atom is 0.316 e. The number of fused-ring (bicyclic) bond motifs is 3. The fraction of sp³-hybridized carbons (Fsp3) is 0.391. The molecule has 1 N–H and O–H groups in total. The van der Waals surface area contributed by atoms with Crippen LogP contribution in [0.3, 0.4) is 0 Å². The summed E-state index contributed by atoms with van der Waals surface area (Å²) >= 11 is 2.92. The molecule has 2 aromatic heterocycles. The van der Waals surface area contributed by atoms with Crippen LogP contribution in [0, 0.1) is 13.8 Å². The van der Waals surface area contributed by atoms with Gasteiger partial charge in [-0.15, -0.1) is 23.1 Å². The molecule has 8 heteroatoms. The summed E-state index contributed by atoms with van der Waals surface area (Å²) < 4.78 is 5.14. The molecule has 0 atom stereocenters. The van der Waals surface area contributed by atoms with Gasteiger partial charge in [0.1, 0.15) is 10.7 Å². The summed E-state index contributed by atoms with van der Waals surface area (Å²) in [6.07, 6.45) is 4.24. The van der Waals surface area contributed by atoms with E-state index in [9.17, 15) is 14.4 Å². The lowest BCUT2D eigenvalue weighted by atomic mass is 9.97. The number of hydrogen-bond acceptors (Lipinski definition) is 7. The van der Waals surface area contributed by atoms with Crippen LogP contribution in [0.4, 0.5) is 0 Å². The molecule has 0 amide bonds. The van der Waals surface area contributed by atoms with Gasteiger partial charge < -0.3 is 9.72 Å². The van der Waals surface area contributed by atoms with Gasteiger partial charge in [-0.1, -0.05) is 17.7 Å². The summed E-state index contributed by atoms with van der Waals surface area (Å²) in [6, 6.07) is 5.63. The number of hydrogen-bond donors (Lipinski definition) is 1. The minimum absolute atomic E-state index is 0.0861. The maximum atomic E-state index is 12.6. The highest BCUT2D eigenvalue weighted by Gasteiger charge is 2.20. The highest BCUT2D eigenvalue weighted by Crippen LogP contribution is 2.33. The summed E-state index contributed by atoms with van der Waals surface area (Å²) in [6.45, 7) is 3.50. The van der Waals surface area contributed by atoms with E-state index in [1.807, 2.05) is 26.0 Å². The van der Waals surface area contributed by atoms with Crippen molar-refractivity contribution in [1.82, 2.24) is 9.97 Å². The zero-order chi connectivity index (χ0) is 22.0. The monoisotopic (exact) mass is 456 g/mol. The van der Waals surface area contributed by atoms with Crippen LogP contribution in [0.5, 0.6) is 0 Å². The van der Waals surface area contributed by atoms with Crippen molar-refractivity contribution >= 4 is 45.1 Å². The quantitative estimate of drug-likeness (QED) is 0.425. The maximum absolute atomic E-state index is 12.6. The van der Waals surface area contributed by atoms with Crippen molar-refractivity contribution in [2.24, 2.45) is 0 Å². The van der Waals surface area contributed by atoms with E-state index in [-0.39, 0.29) is 23.7 Å². The Bertz CT molecular complexity index is 1210. The Balaban J connectivity index is 1.31. The number of thiophene rings is 1. The summed E-state index contributed by atoms with van der Waals surface area (Å²) in [4.78, 5) is 46.5. The van der Waals surface area contributed by atoms with Gasteiger partial charge >= 0.3 is 5.97 Å². The van der Waals surface area contributed by atoms with Crippen molar-refractivity contribution in [1.29, 1.82) is 0 Å². The molecule has 4 rings (SSSR count). The van der Waals surface area contributed by atoms with Gasteiger partial charge in [0.05, 0.1) is 16.9 Å². The largest absolute Gasteiger partial charge is 0.457 e. The summed E-state index contributed by atoms with van der Waals surface area (Å²) in [5.41, 5.74) is 3.50. The molecule has 0 fully saturated rings. The normalized spacial score (nSPS) is 13.2. The van der Waals surface area contributed by atoms with Crippen LogP contribution in [0.25, 0.3) is 10.2 Å². The smallest absolute Gasteiger partial charge is 0.316 e. The Kier molecular flexibility index (Phi) is 6.57. The van der Waals surface area contributed by atoms with Gasteiger partial charge in [0.2, 0.25) is 5.78 Å². The van der Waals surface area contributed by atoms with Crippen molar-refractivity contribution in [3.05, 3.63) is 61.5 Å². The van der Waals surface area contributed by atoms with Gasteiger partial charge in [-0.3, -0.25) is 14.4 Å². The van der Waals surface area contributed by atoms with Gasteiger partial charge in [-0.25, -0.2) is 4.98 Å². The Hall–Kier alpha value is -2.45.